The van der Waals surface area contributed by atoms with Crippen molar-refractivity contribution >= 4 is 17.5 Å². The van der Waals surface area contributed by atoms with Gasteiger partial charge in [-0.25, -0.2) is 0 Å². The van der Waals surface area contributed by atoms with Crippen molar-refractivity contribution in [2.75, 3.05) is 6.54 Å². The van der Waals surface area contributed by atoms with Crippen LogP contribution in [0.5, 0.6) is 0 Å². The lowest BCUT2D eigenvalue weighted by Gasteiger charge is -2.30. The number of amides is 1. The topological polar surface area (TPSA) is 75.4 Å². The van der Waals surface area contributed by atoms with Crippen LogP contribution in [0, 0.1) is 5.92 Å². The Morgan fingerprint density at radius 1 is 1.32 bits per heavy atom. The number of aliphatic hydroxyl groups excluding tert-OH is 1. The second-order valence-electron chi connectivity index (χ2n) is 6.75. The van der Waals surface area contributed by atoms with Gasteiger partial charge in [-0.05, 0) is 49.8 Å². The van der Waals surface area contributed by atoms with Gasteiger partial charge in [0.15, 0.2) is 0 Å². The van der Waals surface area contributed by atoms with Crippen LogP contribution < -0.4 is 11.1 Å². The standard InChI is InChI=1S/C17H23ClN2O2/c18-13-4-2-12(3-5-13)17(7-8-17)10-20-16(22)11-1-6-15(21)14(19)9-11/h2-5,11,14-15,21H,1,6-10,19H2,(H,20,22)/t11-,14+,15+/m0/s1. The molecule has 0 radical (unpaired) electrons. The lowest BCUT2D eigenvalue weighted by atomic mass is 9.83. The summed E-state index contributed by atoms with van der Waals surface area (Å²) >= 11 is 5.93. The molecule has 1 aromatic carbocycles. The van der Waals surface area contributed by atoms with Crippen molar-refractivity contribution in [2.24, 2.45) is 11.7 Å². The summed E-state index contributed by atoms with van der Waals surface area (Å²) in [5, 5.41) is 13.5. The van der Waals surface area contributed by atoms with Crippen LogP contribution in [0.3, 0.4) is 0 Å². The fraction of sp³-hybridized carbons (Fsp3) is 0.588. The highest BCUT2D eigenvalue weighted by atomic mass is 35.5. The molecule has 120 valence electrons. The van der Waals surface area contributed by atoms with E-state index in [1.54, 1.807) is 0 Å². The van der Waals surface area contributed by atoms with Crippen molar-refractivity contribution in [3.8, 4) is 0 Å². The number of benzene rings is 1. The fourth-order valence-corrected chi connectivity index (χ4v) is 3.48. The van der Waals surface area contributed by atoms with Gasteiger partial charge in [-0.3, -0.25) is 4.79 Å². The van der Waals surface area contributed by atoms with Crippen LogP contribution >= 0.6 is 11.6 Å². The van der Waals surface area contributed by atoms with Gasteiger partial charge in [0.2, 0.25) is 5.91 Å². The first-order valence-corrected chi connectivity index (χ1v) is 8.35. The molecule has 22 heavy (non-hydrogen) atoms. The van der Waals surface area contributed by atoms with Gasteiger partial charge in [0.25, 0.3) is 0 Å². The van der Waals surface area contributed by atoms with E-state index in [0.717, 1.165) is 17.9 Å². The summed E-state index contributed by atoms with van der Waals surface area (Å²) in [5.74, 6) is 0.00186. The van der Waals surface area contributed by atoms with Crippen molar-refractivity contribution in [1.82, 2.24) is 5.32 Å². The Balaban J connectivity index is 1.56. The van der Waals surface area contributed by atoms with Crippen LogP contribution in [0.4, 0.5) is 0 Å². The van der Waals surface area contributed by atoms with Gasteiger partial charge >= 0.3 is 0 Å². The molecule has 2 aliphatic carbocycles. The van der Waals surface area contributed by atoms with E-state index in [1.807, 2.05) is 24.3 Å². The maximum atomic E-state index is 12.3. The quantitative estimate of drug-likeness (QED) is 0.793. The van der Waals surface area contributed by atoms with Crippen molar-refractivity contribution < 1.29 is 9.90 Å². The molecule has 2 fully saturated rings. The van der Waals surface area contributed by atoms with E-state index in [4.69, 9.17) is 17.3 Å². The number of carbonyl (C=O) groups is 1. The smallest absolute Gasteiger partial charge is 0.223 e. The summed E-state index contributed by atoms with van der Waals surface area (Å²) in [6, 6.07) is 7.62. The summed E-state index contributed by atoms with van der Waals surface area (Å²) in [6.45, 7) is 0.668. The molecule has 0 aliphatic heterocycles. The number of halogens is 1. The Bertz CT molecular complexity index is 542. The Kier molecular flexibility index (Phi) is 4.44. The maximum absolute atomic E-state index is 12.3. The molecule has 4 nitrogen and oxygen atoms in total. The highest BCUT2D eigenvalue weighted by molar-refractivity contribution is 6.30. The Morgan fingerprint density at radius 2 is 2.00 bits per heavy atom. The molecule has 1 aromatic rings. The second-order valence-corrected chi connectivity index (χ2v) is 7.18. The SMILES string of the molecule is N[C@@H]1C[C@@H](C(=O)NCC2(c3ccc(Cl)cc3)CC2)CC[C@H]1O. The molecule has 0 unspecified atom stereocenters. The van der Waals surface area contributed by atoms with E-state index >= 15 is 0 Å². The average molecular weight is 323 g/mol. The second kappa shape index (κ2) is 6.19. The summed E-state index contributed by atoms with van der Waals surface area (Å²) in [7, 11) is 0. The normalized spacial score (nSPS) is 29.9. The lowest BCUT2D eigenvalue weighted by molar-refractivity contribution is -0.127. The maximum Gasteiger partial charge on any atom is 0.223 e. The zero-order chi connectivity index (χ0) is 15.7. The highest BCUT2D eigenvalue weighted by Gasteiger charge is 2.44. The van der Waals surface area contributed by atoms with E-state index in [2.05, 4.69) is 5.32 Å². The monoisotopic (exact) mass is 322 g/mol. The minimum atomic E-state index is -0.465. The summed E-state index contributed by atoms with van der Waals surface area (Å²) in [4.78, 5) is 12.3. The van der Waals surface area contributed by atoms with E-state index in [0.29, 0.717) is 25.8 Å². The zero-order valence-electron chi connectivity index (χ0n) is 12.6. The molecule has 2 saturated carbocycles. The summed E-state index contributed by atoms with van der Waals surface area (Å²) in [6.07, 6.45) is 3.63. The summed E-state index contributed by atoms with van der Waals surface area (Å²) in [5.41, 5.74) is 7.19. The third kappa shape index (κ3) is 3.29. The van der Waals surface area contributed by atoms with Crippen molar-refractivity contribution in [3.63, 3.8) is 0 Å². The first kappa shape index (κ1) is 15.8. The van der Waals surface area contributed by atoms with Gasteiger partial charge in [0, 0.05) is 28.9 Å². The third-order valence-corrected chi connectivity index (χ3v) is 5.40. The number of carbonyl (C=O) groups excluding carboxylic acids is 1. The van der Waals surface area contributed by atoms with Crippen molar-refractivity contribution in [3.05, 3.63) is 34.9 Å². The average Bonchev–Trinajstić information content (AvgIpc) is 3.29. The van der Waals surface area contributed by atoms with Gasteiger partial charge in [-0.2, -0.15) is 0 Å². The van der Waals surface area contributed by atoms with Gasteiger partial charge in [-0.1, -0.05) is 23.7 Å². The van der Waals surface area contributed by atoms with E-state index < -0.39 is 6.10 Å². The van der Waals surface area contributed by atoms with Crippen LogP contribution in [0.1, 0.15) is 37.7 Å². The number of hydrogen-bond acceptors (Lipinski definition) is 3. The molecule has 0 heterocycles. The fourth-order valence-electron chi connectivity index (χ4n) is 3.35. The Morgan fingerprint density at radius 3 is 2.59 bits per heavy atom. The number of aliphatic hydroxyl groups is 1. The van der Waals surface area contributed by atoms with Crippen LogP contribution in [0.2, 0.25) is 5.02 Å². The molecule has 2 aliphatic rings. The van der Waals surface area contributed by atoms with Gasteiger partial charge in [0.1, 0.15) is 0 Å². The minimum Gasteiger partial charge on any atom is -0.392 e. The first-order valence-electron chi connectivity index (χ1n) is 7.98. The molecule has 3 rings (SSSR count). The molecule has 0 saturated heterocycles. The molecule has 3 atom stereocenters. The van der Waals surface area contributed by atoms with E-state index in [-0.39, 0.29) is 23.3 Å². The molecule has 1 amide bonds. The van der Waals surface area contributed by atoms with Crippen LogP contribution in [0.25, 0.3) is 0 Å². The Labute approximate surface area is 136 Å². The highest BCUT2D eigenvalue weighted by Crippen LogP contribution is 2.47. The molecule has 4 N–H and O–H groups in total. The number of hydrogen-bond donors (Lipinski definition) is 3. The van der Waals surface area contributed by atoms with Crippen LogP contribution in [-0.2, 0) is 10.2 Å². The zero-order valence-corrected chi connectivity index (χ0v) is 13.4. The summed E-state index contributed by atoms with van der Waals surface area (Å²) < 4.78 is 0. The first-order chi connectivity index (χ1) is 10.5. The minimum absolute atomic E-state index is 0.0700. The number of rotatable bonds is 4. The number of nitrogens with two attached hydrogens (primary N) is 1. The molecule has 0 aromatic heterocycles. The van der Waals surface area contributed by atoms with Crippen LogP contribution in [-0.4, -0.2) is 29.7 Å². The predicted octanol–water partition coefficient (Wildman–Crippen LogP) is 1.98. The molecule has 0 bridgehead atoms. The van der Waals surface area contributed by atoms with E-state index in [9.17, 15) is 9.90 Å². The van der Waals surface area contributed by atoms with Crippen LogP contribution in [0.15, 0.2) is 24.3 Å². The lowest BCUT2D eigenvalue weighted by Crippen LogP contribution is -2.45. The molecular weight excluding hydrogens is 300 g/mol. The van der Waals surface area contributed by atoms with Gasteiger partial charge in [-0.15, -0.1) is 0 Å². The van der Waals surface area contributed by atoms with Crippen molar-refractivity contribution in [2.45, 2.75) is 49.7 Å². The largest absolute Gasteiger partial charge is 0.392 e. The van der Waals surface area contributed by atoms with Gasteiger partial charge in [0.05, 0.1) is 6.10 Å². The molecule has 0 spiro atoms. The van der Waals surface area contributed by atoms with Crippen molar-refractivity contribution in [1.29, 1.82) is 0 Å². The Hall–Kier alpha value is -1.10. The van der Waals surface area contributed by atoms with Gasteiger partial charge < -0.3 is 16.2 Å². The third-order valence-electron chi connectivity index (χ3n) is 5.14. The van der Waals surface area contributed by atoms with E-state index in [1.165, 1.54) is 5.56 Å². The molecular formula is C17H23ClN2O2. The molecule has 5 heteroatoms. The number of nitrogens with one attached hydrogen (secondary N) is 1. The predicted molar refractivity (Wildman–Crippen MR) is 86.7 cm³/mol.